The van der Waals surface area contributed by atoms with Crippen LogP contribution in [0.3, 0.4) is 0 Å². The topological polar surface area (TPSA) is 67.2 Å². The Labute approximate surface area is 132 Å². The Bertz CT molecular complexity index is 556. The van der Waals surface area contributed by atoms with Gasteiger partial charge in [0.1, 0.15) is 4.47 Å². The molecule has 5 nitrogen and oxygen atoms in total. The molecular weight excluding hydrogens is 334 g/mol. The van der Waals surface area contributed by atoms with Crippen LogP contribution in [-0.2, 0) is 6.54 Å². The molecule has 2 unspecified atom stereocenters. The summed E-state index contributed by atoms with van der Waals surface area (Å²) in [6.45, 7) is 1.78. The van der Waals surface area contributed by atoms with E-state index in [-0.39, 0.29) is 12.2 Å². The Hall–Kier alpha value is -0.880. The minimum atomic E-state index is -0.0583. The van der Waals surface area contributed by atoms with Gasteiger partial charge in [-0.05, 0) is 59.4 Å². The lowest BCUT2D eigenvalue weighted by molar-refractivity contribution is 0.199. The third kappa shape index (κ3) is 3.48. The monoisotopic (exact) mass is 355 g/mol. The van der Waals surface area contributed by atoms with E-state index in [1.165, 1.54) is 19.3 Å². The first-order chi connectivity index (χ1) is 10.2. The molecule has 0 aromatic carbocycles. The number of aromatic nitrogens is 2. The van der Waals surface area contributed by atoms with Gasteiger partial charge in [0.05, 0.1) is 11.9 Å². The van der Waals surface area contributed by atoms with Crippen LogP contribution in [0.4, 0.5) is 5.69 Å². The Balaban J connectivity index is 1.65. The van der Waals surface area contributed by atoms with Gasteiger partial charge in [-0.3, -0.25) is 4.79 Å². The summed E-state index contributed by atoms with van der Waals surface area (Å²) in [6, 6.07) is 0. The summed E-state index contributed by atoms with van der Waals surface area (Å²) < 4.78 is 2.12. The highest BCUT2D eigenvalue weighted by Gasteiger charge is 2.27. The van der Waals surface area contributed by atoms with E-state index in [1.807, 2.05) is 0 Å². The second kappa shape index (κ2) is 6.48. The molecule has 0 saturated heterocycles. The minimum absolute atomic E-state index is 0.0583. The quantitative estimate of drug-likeness (QED) is 0.820. The number of nitrogens with zero attached hydrogens (tertiary/aromatic N) is 2. The molecule has 0 aliphatic heterocycles. The summed E-state index contributed by atoms with van der Waals surface area (Å²) in [5.74, 6) is 1.50. The molecule has 6 heteroatoms. The van der Waals surface area contributed by atoms with Gasteiger partial charge in [0.2, 0.25) is 0 Å². The first-order valence-corrected chi connectivity index (χ1v) is 8.58. The first kappa shape index (κ1) is 15.0. The normalized spacial score (nSPS) is 25.2. The highest BCUT2D eigenvalue weighted by atomic mass is 79.9. The van der Waals surface area contributed by atoms with Crippen LogP contribution in [0.5, 0.6) is 0 Å². The molecule has 2 aliphatic rings. The van der Waals surface area contributed by atoms with Gasteiger partial charge in [0, 0.05) is 19.7 Å². The van der Waals surface area contributed by atoms with Gasteiger partial charge >= 0.3 is 0 Å². The molecule has 1 aromatic rings. The lowest BCUT2D eigenvalue weighted by atomic mass is 9.97. The molecule has 0 bridgehead atoms. The molecule has 2 atom stereocenters. The highest BCUT2D eigenvalue weighted by Crippen LogP contribution is 2.32. The van der Waals surface area contributed by atoms with Crippen molar-refractivity contribution in [3.63, 3.8) is 0 Å². The number of halogens is 1. The van der Waals surface area contributed by atoms with E-state index < -0.39 is 0 Å². The van der Waals surface area contributed by atoms with Crippen molar-refractivity contribution in [1.82, 2.24) is 9.78 Å². The van der Waals surface area contributed by atoms with Crippen LogP contribution in [-0.4, -0.2) is 28.0 Å². The van der Waals surface area contributed by atoms with E-state index in [4.69, 9.17) is 0 Å². The molecule has 0 radical (unpaired) electrons. The van der Waals surface area contributed by atoms with Crippen molar-refractivity contribution >= 4 is 21.6 Å². The number of rotatable bonds is 6. The van der Waals surface area contributed by atoms with Crippen molar-refractivity contribution in [1.29, 1.82) is 0 Å². The van der Waals surface area contributed by atoms with Gasteiger partial charge in [0.25, 0.3) is 5.56 Å². The summed E-state index contributed by atoms with van der Waals surface area (Å²) in [7, 11) is 0. The predicted molar refractivity (Wildman–Crippen MR) is 85.3 cm³/mol. The van der Waals surface area contributed by atoms with Crippen molar-refractivity contribution in [3.05, 3.63) is 21.0 Å². The molecule has 1 aromatic heterocycles. The standard InChI is InChI=1S/C15H22BrN3O2/c16-14-13(17-6-11-2-1-3-12(11)9-20)7-18-19(15(14)21)8-10-4-5-10/h7,10-12,17,20H,1-6,8-9H2. The van der Waals surface area contributed by atoms with Crippen LogP contribution in [0.2, 0.25) is 0 Å². The van der Waals surface area contributed by atoms with Gasteiger partial charge in [-0.15, -0.1) is 0 Å². The Morgan fingerprint density at radius 3 is 2.81 bits per heavy atom. The highest BCUT2D eigenvalue weighted by molar-refractivity contribution is 9.10. The van der Waals surface area contributed by atoms with E-state index in [0.29, 0.717) is 22.2 Å². The average Bonchev–Trinajstić information content (AvgIpc) is 3.19. The predicted octanol–water partition coefficient (Wildman–Crippen LogP) is 2.24. The lowest BCUT2D eigenvalue weighted by Gasteiger charge is -2.19. The Morgan fingerprint density at radius 1 is 1.33 bits per heavy atom. The van der Waals surface area contributed by atoms with Crippen LogP contribution in [0, 0.1) is 17.8 Å². The fourth-order valence-corrected chi connectivity index (χ4v) is 3.57. The van der Waals surface area contributed by atoms with Crippen LogP contribution in [0.15, 0.2) is 15.5 Å². The molecule has 2 fully saturated rings. The van der Waals surface area contributed by atoms with Crippen molar-refractivity contribution in [2.45, 2.75) is 38.6 Å². The van der Waals surface area contributed by atoms with Crippen LogP contribution in [0.1, 0.15) is 32.1 Å². The number of nitrogens with one attached hydrogen (secondary N) is 1. The van der Waals surface area contributed by atoms with Crippen molar-refractivity contribution in [2.75, 3.05) is 18.5 Å². The van der Waals surface area contributed by atoms with E-state index in [0.717, 1.165) is 31.6 Å². The second-order valence-electron chi connectivity index (χ2n) is 6.32. The summed E-state index contributed by atoms with van der Waals surface area (Å²) in [5.41, 5.74) is 0.702. The molecule has 0 amide bonds. The average molecular weight is 356 g/mol. The van der Waals surface area contributed by atoms with Gasteiger partial charge in [0.15, 0.2) is 0 Å². The number of hydrogen-bond acceptors (Lipinski definition) is 4. The molecule has 3 rings (SSSR count). The largest absolute Gasteiger partial charge is 0.396 e. The van der Waals surface area contributed by atoms with Crippen LogP contribution < -0.4 is 10.9 Å². The maximum absolute atomic E-state index is 12.2. The maximum Gasteiger partial charge on any atom is 0.283 e. The fourth-order valence-electron chi connectivity index (χ4n) is 3.13. The van der Waals surface area contributed by atoms with E-state index in [2.05, 4.69) is 26.3 Å². The third-order valence-electron chi connectivity index (χ3n) is 4.72. The number of anilines is 1. The van der Waals surface area contributed by atoms with E-state index >= 15 is 0 Å². The van der Waals surface area contributed by atoms with Crippen LogP contribution >= 0.6 is 15.9 Å². The van der Waals surface area contributed by atoms with Gasteiger partial charge in [-0.25, -0.2) is 4.68 Å². The van der Waals surface area contributed by atoms with Crippen molar-refractivity contribution in [2.24, 2.45) is 17.8 Å². The summed E-state index contributed by atoms with van der Waals surface area (Å²) in [5, 5.41) is 16.9. The summed E-state index contributed by atoms with van der Waals surface area (Å²) >= 11 is 3.40. The van der Waals surface area contributed by atoms with Crippen LogP contribution in [0.25, 0.3) is 0 Å². The minimum Gasteiger partial charge on any atom is -0.396 e. The molecule has 0 spiro atoms. The van der Waals surface area contributed by atoms with E-state index in [9.17, 15) is 9.90 Å². The van der Waals surface area contributed by atoms with Crippen molar-refractivity contribution in [3.8, 4) is 0 Å². The molecular formula is C15H22BrN3O2. The zero-order valence-corrected chi connectivity index (χ0v) is 13.7. The molecule has 116 valence electrons. The molecule has 1 heterocycles. The zero-order valence-electron chi connectivity index (χ0n) is 12.1. The molecule has 2 aliphatic carbocycles. The Morgan fingerprint density at radius 2 is 2.10 bits per heavy atom. The maximum atomic E-state index is 12.2. The molecule has 21 heavy (non-hydrogen) atoms. The third-order valence-corrected chi connectivity index (χ3v) is 5.49. The zero-order chi connectivity index (χ0) is 14.8. The number of aliphatic hydroxyl groups excluding tert-OH is 1. The number of aliphatic hydroxyl groups is 1. The summed E-state index contributed by atoms with van der Waals surface area (Å²) in [4.78, 5) is 12.2. The summed E-state index contributed by atoms with van der Waals surface area (Å²) in [6.07, 6.45) is 7.57. The Kier molecular flexibility index (Phi) is 4.64. The van der Waals surface area contributed by atoms with Crippen molar-refractivity contribution < 1.29 is 5.11 Å². The molecule has 2 saturated carbocycles. The second-order valence-corrected chi connectivity index (χ2v) is 7.11. The first-order valence-electron chi connectivity index (χ1n) is 7.79. The smallest absolute Gasteiger partial charge is 0.283 e. The van der Waals surface area contributed by atoms with Gasteiger partial charge in [-0.1, -0.05) is 6.42 Å². The fraction of sp³-hybridized carbons (Fsp3) is 0.733. The van der Waals surface area contributed by atoms with E-state index in [1.54, 1.807) is 10.9 Å². The lowest BCUT2D eigenvalue weighted by Crippen LogP contribution is -2.27. The molecule has 2 N–H and O–H groups in total. The number of hydrogen-bond donors (Lipinski definition) is 2. The van der Waals surface area contributed by atoms with Gasteiger partial charge < -0.3 is 10.4 Å². The SMILES string of the molecule is O=c1c(Br)c(NCC2CCCC2CO)cnn1CC1CC1. The van der Waals surface area contributed by atoms with Gasteiger partial charge in [-0.2, -0.15) is 5.10 Å².